The fraction of sp³-hybridized carbons (Fsp3) is 0.0455. The minimum absolute atomic E-state index is 0.105. The molecule has 1 aliphatic heterocycles. The number of carbonyl (C=O) groups excluding carboxylic acids is 1. The number of benzene rings is 2. The highest BCUT2D eigenvalue weighted by molar-refractivity contribution is 6.33. The summed E-state index contributed by atoms with van der Waals surface area (Å²) in [5, 5.41) is 15.2. The van der Waals surface area contributed by atoms with Crippen molar-refractivity contribution >= 4 is 41.0 Å². The van der Waals surface area contributed by atoms with E-state index in [0.717, 1.165) is 0 Å². The number of para-hydroxylation sites is 1. The maximum atomic E-state index is 12.8. The van der Waals surface area contributed by atoms with Gasteiger partial charge in [0, 0.05) is 5.56 Å². The number of amides is 1. The van der Waals surface area contributed by atoms with Crippen molar-refractivity contribution in [3.63, 3.8) is 0 Å². The van der Waals surface area contributed by atoms with Crippen LogP contribution in [0.2, 0.25) is 5.02 Å². The van der Waals surface area contributed by atoms with Gasteiger partial charge in [-0.05, 0) is 55.5 Å². The summed E-state index contributed by atoms with van der Waals surface area (Å²) in [6.45, 7) is 1.75. The Morgan fingerprint density at radius 2 is 1.90 bits per heavy atom. The van der Waals surface area contributed by atoms with E-state index in [4.69, 9.17) is 16.0 Å². The van der Waals surface area contributed by atoms with Gasteiger partial charge < -0.3 is 9.52 Å². The average Bonchev–Trinajstić information content (AvgIpc) is 3.29. The maximum absolute atomic E-state index is 12.8. The van der Waals surface area contributed by atoms with Gasteiger partial charge >= 0.3 is 5.97 Å². The smallest absolute Gasteiger partial charge is 0.335 e. The van der Waals surface area contributed by atoms with Crippen LogP contribution in [0.1, 0.15) is 23.0 Å². The number of halogens is 1. The van der Waals surface area contributed by atoms with Crippen molar-refractivity contribution in [1.82, 2.24) is 0 Å². The molecule has 7 heteroatoms. The van der Waals surface area contributed by atoms with Gasteiger partial charge in [-0.25, -0.2) is 4.79 Å². The molecule has 1 aromatic heterocycles. The summed E-state index contributed by atoms with van der Waals surface area (Å²) in [7, 11) is 0. The van der Waals surface area contributed by atoms with Crippen LogP contribution in [0.5, 0.6) is 0 Å². The van der Waals surface area contributed by atoms with Crippen molar-refractivity contribution in [3.8, 4) is 11.3 Å². The molecule has 0 aliphatic carbocycles. The molecule has 0 bridgehead atoms. The number of anilines is 1. The van der Waals surface area contributed by atoms with E-state index in [2.05, 4.69) is 5.10 Å². The number of furan rings is 1. The van der Waals surface area contributed by atoms with E-state index in [-0.39, 0.29) is 11.5 Å². The van der Waals surface area contributed by atoms with E-state index in [0.29, 0.717) is 39.1 Å². The van der Waals surface area contributed by atoms with Crippen LogP contribution in [0.25, 0.3) is 17.4 Å². The fourth-order valence-electron chi connectivity index (χ4n) is 2.99. The molecule has 1 N–H and O–H groups in total. The Morgan fingerprint density at radius 3 is 2.62 bits per heavy atom. The number of carboxylic acid groups (broad SMARTS) is 1. The molecule has 0 spiro atoms. The zero-order valence-corrected chi connectivity index (χ0v) is 16.1. The number of nitrogens with zero attached hydrogens (tertiary/aromatic N) is 2. The van der Waals surface area contributed by atoms with Gasteiger partial charge in [0.15, 0.2) is 0 Å². The van der Waals surface area contributed by atoms with E-state index in [1.54, 1.807) is 37.3 Å². The van der Waals surface area contributed by atoms with E-state index in [1.807, 2.05) is 18.2 Å². The van der Waals surface area contributed by atoms with Crippen LogP contribution in [-0.2, 0) is 4.79 Å². The van der Waals surface area contributed by atoms with Crippen LogP contribution in [0, 0.1) is 0 Å². The first-order chi connectivity index (χ1) is 13.9. The lowest BCUT2D eigenvalue weighted by molar-refractivity contribution is -0.114. The topological polar surface area (TPSA) is 83.1 Å². The minimum atomic E-state index is -1.05. The van der Waals surface area contributed by atoms with Gasteiger partial charge in [0.2, 0.25) is 0 Å². The summed E-state index contributed by atoms with van der Waals surface area (Å²) in [5.41, 5.74) is 2.24. The number of hydrogen-bond acceptors (Lipinski definition) is 4. The lowest BCUT2D eigenvalue weighted by atomic mass is 10.1. The molecule has 1 aliphatic rings. The van der Waals surface area contributed by atoms with E-state index in [9.17, 15) is 14.7 Å². The second-order valence-corrected chi connectivity index (χ2v) is 6.80. The Hall–Kier alpha value is -3.64. The molecule has 0 saturated heterocycles. The number of aromatic carboxylic acids is 1. The molecule has 2 heterocycles. The number of carbonyl (C=O) groups is 2. The molecule has 0 fully saturated rings. The van der Waals surface area contributed by atoms with Gasteiger partial charge in [-0.3, -0.25) is 4.79 Å². The molecule has 144 valence electrons. The molecule has 1 amide bonds. The molecule has 0 unspecified atom stereocenters. The Morgan fingerprint density at radius 1 is 1.14 bits per heavy atom. The van der Waals surface area contributed by atoms with Crippen LogP contribution >= 0.6 is 11.6 Å². The summed E-state index contributed by atoms with van der Waals surface area (Å²) in [6.07, 6.45) is 1.61. The van der Waals surface area contributed by atoms with Crippen LogP contribution in [0.15, 0.2) is 75.8 Å². The van der Waals surface area contributed by atoms with Gasteiger partial charge in [0.25, 0.3) is 5.91 Å². The third-order valence-corrected chi connectivity index (χ3v) is 4.79. The fourth-order valence-corrected chi connectivity index (χ4v) is 3.20. The lowest BCUT2D eigenvalue weighted by Gasteiger charge is -2.10. The summed E-state index contributed by atoms with van der Waals surface area (Å²) in [6, 6.07) is 16.9. The highest BCUT2D eigenvalue weighted by Gasteiger charge is 2.29. The van der Waals surface area contributed by atoms with Crippen molar-refractivity contribution in [2.75, 3.05) is 5.01 Å². The lowest BCUT2D eigenvalue weighted by Crippen LogP contribution is -2.21. The predicted octanol–water partition coefficient (Wildman–Crippen LogP) is 5.10. The van der Waals surface area contributed by atoms with Crippen molar-refractivity contribution in [2.45, 2.75) is 6.92 Å². The molecule has 4 rings (SSSR count). The Balaban J connectivity index is 1.65. The molecule has 0 atom stereocenters. The number of hydrazone groups is 1. The standard InChI is InChI=1S/C22H15ClN2O4/c1-13-17(21(26)25(24-13)15-5-3-2-4-6-15)12-16-8-10-20(29-16)18-11-14(22(27)28)7-9-19(18)23/h2-12H,1H3,(H,27,28)/b17-12-. The normalized spacial score (nSPS) is 15.1. The highest BCUT2D eigenvalue weighted by atomic mass is 35.5. The van der Waals surface area contributed by atoms with Gasteiger partial charge in [-0.2, -0.15) is 10.1 Å². The van der Waals surface area contributed by atoms with Crippen molar-refractivity contribution in [3.05, 3.63) is 82.6 Å². The van der Waals surface area contributed by atoms with E-state index >= 15 is 0 Å². The van der Waals surface area contributed by atoms with E-state index in [1.165, 1.54) is 23.2 Å². The SMILES string of the molecule is CC1=NN(c2ccccc2)C(=O)/C1=C\c1ccc(-c2cc(C(=O)O)ccc2Cl)o1. The first-order valence-corrected chi connectivity index (χ1v) is 9.11. The largest absolute Gasteiger partial charge is 0.478 e. The third-order valence-electron chi connectivity index (χ3n) is 4.46. The first-order valence-electron chi connectivity index (χ1n) is 8.74. The van der Waals surface area contributed by atoms with Gasteiger partial charge in [0.1, 0.15) is 11.5 Å². The highest BCUT2D eigenvalue weighted by Crippen LogP contribution is 2.32. The van der Waals surface area contributed by atoms with E-state index < -0.39 is 5.97 Å². The molecular weight excluding hydrogens is 392 g/mol. The van der Waals surface area contributed by atoms with Gasteiger partial charge in [-0.1, -0.05) is 29.8 Å². The molecule has 6 nitrogen and oxygen atoms in total. The molecule has 0 radical (unpaired) electrons. The second-order valence-electron chi connectivity index (χ2n) is 6.40. The molecule has 29 heavy (non-hydrogen) atoms. The molecule has 2 aromatic carbocycles. The Labute approximate surface area is 171 Å². The number of rotatable bonds is 4. The van der Waals surface area contributed by atoms with Crippen LogP contribution in [0.4, 0.5) is 5.69 Å². The van der Waals surface area contributed by atoms with Crippen LogP contribution in [-0.4, -0.2) is 22.7 Å². The average molecular weight is 407 g/mol. The summed E-state index contributed by atoms with van der Waals surface area (Å²) in [4.78, 5) is 24.0. The second kappa shape index (κ2) is 7.41. The van der Waals surface area contributed by atoms with Gasteiger partial charge in [-0.15, -0.1) is 0 Å². The van der Waals surface area contributed by atoms with Crippen molar-refractivity contribution in [2.24, 2.45) is 5.10 Å². The van der Waals surface area contributed by atoms with Crippen molar-refractivity contribution in [1.29, 1.82) is 0 Å². The van der Waals surface area contributed by atoms with Crippen molar-refractivity contribution < 1.29 is 19.1 Å². The Kier molecular flexibility index (Phi) is 4.78. The van der Waals surface area contributed by atoms with Crippen LogP contribution < -0.4 is 5.01 Å². The number of carboxylic acids is 1. The molecule has 0 saturated carbocycles. The maximum Gasteiger partial charge on any atom is 0.335 e. The monoisotopic (exact) mass is 406 g/mol. The zero-order valence-electron chi connectivity index (χ0n) is 15.3. The summed E-state index contributed by atoms with van der Waals surface area (Å²) >= 11 is 6.20. The molecule has 3 aromatic rings. The third kappa shape index (κ3) is 3.58. The summed E-state index contributed by atoms with van der Waals surface area (Å²) in [5.74, 6) is -0.465. The zero-order chi connectivity index (χ0) is 20.5. The molecular formula is C22H15ClN2O4. The van der Waals surface area contributed by atoms with Crippen LogP contribution in [0.3, 0.4) is 0 Å². The first kappa shape index (κ1) is 18.7. The quantitative estimate of drug-likeness (QED) is 0.610. The minimum Gasteiger partial charge on any atom is -0.478 e. The van der Waals surface area contributed by atoms with Gasteiger partial charge in [0.05, 0.1) is 27.6 Å². The number of hydrogen-bond donors (Lipinski definition) is 1. The Bertz CT molecular complexity index is 1180. The summed E-state index contributed by atoms with van der Waals surface area (Å²) < 4.78 is 5.81. The predicted molar refractivity (Wildman–Crippen MR) is 111 cm³/mol.